The molecule has 0 unspecified atom stereocenters. The van der Waals surface area contributed by atoms with Crippen molar-refractivity contribution in [3.8, 4) is 11.3 Å². The number of hydrogen-bond acceptors (Lipinski definition) is 4. The number of aromatic nitrogens is 2. The Morgan fingerprint density at radius 3 is 2.53 bits per heavy atom. The summed E-state index contributed by atoms with van der Waals surface area (Å²) in [6.45, 7) is 1.95. The normalized spacial score (nSPS) is 14.2. The Kier molecular flexibility index (Phi) is 2.79. The largest absolute Gasteiger partial charge is 0.273 e. The zero-order valence-corrected chi connectivity index (χ0v) is 10.4. The van der Waals surface area contributed by atoms with Gasteiger partial charge in [-0.1, -0.05) is 30.3 Å². The van der Waals surface area contributed by atoms with Gasteiger partial charge in [-0.25, -0.2) is 15.4 Å². The number of hydrogen-bond donors (Lipinski definition) is 1. The summed E-state index contributed by atoms with van der Waals surface area (Å²) in [5.74, 6) is -0.103. The number of rotatable bonds is 2. The average Bonchev–Trinajstić information content (AvgIpc) is 2.86. The van der Waals surface area contributed by atoms with Gasteiger partial charge < -0.3 is 0 Å². The predicted molar refractivity (Wildman–Crippen MR) is 71.5 cm³/mol. The Hall–Kier alpha value is -2.56. The molecule has 2 heterocycles. The summed E-state index contributed by atoms with van der Waals surface area (Å²) < 4.78 is 0. The molecule has 1 aliphatic heterocycles. The standard InChI is InChI=1S/C14H12N4O/c1-9-13(10-5-3-2-4-6-10)15-8-16-14(9)11-7-12(19)18-17-11/h2-6,8H,7H2,1H3,(H,18,19). The van der Waals surface area contributed by atoms with Crippen molar-refractivity contribution in [2.24, 2.45) is 5.10 Å². The average molecular weight is 252 g/mol. The third-order valence-corrected chi connectivity index (χ3v) is 3.05. The van der Waals surface area contributed by atoms with E-state index in [0.717, 1.165) is 22.5 Å². The molecule has 94 valence electrons. The highest BCUT2D eigenvalue weighted by atomic mass is 16.2. The van der Waals surface area contributed by atoms with Gasteiger partial charge in [-0.15, -0.1) is 0 Å². The molecule has 3 rings (SSSR count). The lowest BCUT2D eigenvalue weighted by atomic mass is 10.0. The number of hydrazone groups is 1. The van der Waals surface area contributed by atoms with Crippen LogP contribution in [-0.4, -0.2) is 21.6 Å². The van der Waals surface area contributed by atoms with E-state index in [4.69, 9.17) is 0 Å². The highest BCUT2D eigenvalue weighted by molar-refractivity contribution is 6.13. The van der Waals surface area contributed by atoms with Gasteiger partial charge in [-0.05, 0) is 6.92 Å². The smallest absolute Gasteiger partial charge is 0.246 e. The maximum atomic E-state index is 11.2. The molecular weight excluding hydrogens is 240 g/mol. The number of carbonyl (C=O) groups is 1. The van der Waals surface area contributed by atoms with Crippen LogP contribution >= 0.6 is 0 Å². The van der Waals surface area contributed by atoms with Crippen molar-refractivity contribution in [3.63, 3.8) is 0 Å². The SMILES string of the molecule is Cc1c(C2=NNC(=O)C2)ncnc1-c1ccccc1. The van der Waals surface area contributed by atoms with Crippen LogP contribution < -0.4 is 5.43 Å². The van der Waals surface area contributed by atoms with Crippen LogP contribution in [0.15, 0.2) is 41.8 Å². The molecule has 1 aromatic carbocycles. The minimum absolute atomic E-state index is 0.103. The lowest BCUT2D eigenvalue weighted by Crippen LogP contribution is -2.10. The second kappa shape index (κ2) is 4.61. The van der Waals surface area contributed by atoms with Gasteiger partial charge in [0.25, 0.3) is 0 Å². The van der Waals surface area contributed by atoms with Crippen molar-refractivity contribution in [2.75, 3.05) is 0 Å². The molecule has 0 atom stereocenters. The summed E-state index contributed by atoms with van der Waals surface area (Å²) >= 11 is 0. The van der Waals surface area contributed by atoms with Crippen LogP contribution in [0.1, 0.15) is 17.7 Å². The summed E-state index contributed by atoms with van der Waals surface area (Å²) in [6.07, 6.45) is 1.78. The van der Waals surface area contributed by atoms with Crippen LogP contribution in [-0.2, 0) is 4.79 Å². The van der Waals surface area contributed by atoms with Gasteiger partial charge in [-0.3, -0.25) is 4.79 Å². The van der Waals surface area contributed by atoms with Gasteiger partial charge >= 0.3 is 0 Å². The molecule has 0 bridgehead atoms. The molecule has 0 aliphatic carbocycles. The van der Waals surface area contributed by atoms with Crippen LogP contribution in [0.25, 0.3) is 11.3 Å². The lowest BCUT2D eigenvalue weighted by molar-refractivity contribution is -0.119. The van der Waals surface area contributed by atoms with Crippen molar-refractivity contribution in [3.05, 3.63) is 47.9 Å². The molecule has 1 aromatic heterocycles. The van der Waals surface area contributed by atoms with Crippen molar-refractivity contribution in [2.45, 2.75) is 13.3 Å². The molecule has 0 saturated heterocycles. The first-order valence-corrected chi connectivity index (χ1v) is 5.98. The molecule has 1 aliphatic rings. The fraction of sp³-hybridized carbons (Fsp3) is 0.143. The van der Waals surface area contributed by atoms with Gasteiger partial charge in [0.2, 0.25) is 5.91 Å². The minimum atomic E-state index is -0.103. The third-order valence-electron chi connectivity index (χ3n) is 3.05. The number of benzene rings is 1. The second-order valence-corrected chi connectivity index (χ2v) is 4.33. The molecule has 5 heteroatoms. The van der Waals surface area contributed by atoms with Crippen LogP contribution in [0.2, 0.25) is 0 Å². The highest BCUT2D eigenvalue weighted by Crippen LogP contribution is 2.23. The van der Waals surface area contributed by atoms with Crippen molar-refractivity contribution < 1.29 is 4.79 Å². The Balaban J connectivity index is 2.07. The van der Waals surface area contributed by atoms with Crippen LogP contribution in [0.3, 0.4) is 0 Å². The van der Waals surface area contributed by atoms with Crippen molar-refractivity contribution in [1.82, 2.24) is 15.4 Å². The molecule has 0 spiro atoms. The molecule has 0 fully saturated rings. The molecule has 0 saturated carbocycles. The fourth-order valence-electron chi connectivity index (χ4n) is 2.13. The van der Waals surface area contributed by atoms with E-state index in [1.54, 1.807) is 0 Å². The number of amides is 1. The molecule has 19 heavy (non-hydrogen) atoms. The summed E-state index contributed by atoms with van der Waals surface area (Å²) in [5.41, 5.74) is 6.67. The minimum Gasteiger partial charge on any atom is -0.273 e. The predicted octanol–water partition coefficient (Wildman–Crippen LogP) is 1.68. The third kappa shape index (κ3) is 2.10. The van der Waals surface area contributed by atoms with E-state index in [-0.39, 0.29) is 12.3 Å². The van der Waals surface area contributed by atoms with E-state index in [0.29, 0.717) is 5.71 Å². The zero-order valence-electron chi connectivity index (χ0n) is 10.4. The first-order valence-electron chi connectivity index (χ1n) is 5.98. The molecule has 2 aromatic rings. The van der Waals surface area contributed by atoms with E-state index >= 15 is 0 Å². The lowest BCUT2D eigenvalue weighted by Gasteiger charge is -2.08. The Morgan fingerprint density at radius 1 is 1.11 bits per heavy atom. The van der Waals surface area contributed by atoms with Crippen molar-refractivity contribution >= 4 is 11.6 Å². The number of nitrogens with one attached hydrogen (secondary N) is 1. The second-order valence-electron chi connectivity index (χ2n) is 4.33. The van der Waals surface area contributed by atoms with E-state index in [1.165, 1.54) is 6.33 Å². The quantitative estimate of drug-likeness (QED) is 0.884. The molecular formula is C14H12N4O. The maximum Gasteiger partial charge on any atom is 0.246 e. The van der Waals surface area contributed by atoms with Gasteiger partial charge in [0.15, 0.2) is 0 Å². The van der Waals surface area contributed by atoms with E-state index in [1.807, 2.05) is 37.3 Å². The Labute approximate surface area is 110 Å². The van der Waals surface area contributed by atoms with E-state index < -0.39 is 0 Å². The van der Waals surface area contributed by atoms with E-state index in [2.05, 4.69) is 20.5 Å². The van der Waals surface area contributed by atoms with Crippen LogP contribution in [0.5, 0.6) is 0 Å². The van der Waals surface area contributed by atoms with Crippen LogP contribution in [0.4, 0.5) is 0 Å². The number of carbonyl (C=O) groups excluding carboxylic acids is 1. The van der Waals surface area contributed by atoms with Crippen molar-refractivity contribution in [1.29, 1.82) is 0 Å². The van der Waals surface area contributed by atoms with Gasteiger partial charge in [0.05, 0.1) is 23.5 Å². The molecule has 0 radical (unpaired) electrons. The summed E-state index contributed by atoms with van der Waals surface area (Å²) in [7, 11) is 0. The Bertz CT molecular complexity index is 664. The first kappa shape index (κ1) is 11.5. The summed E-state index contributed by atoms with van der Waals surface area (Å²) in [6, 6.07) is 9.89. The van der Waals surface area contributed by atoms with E-state index in [9.17, 15) is 4.79 Å². The Morgan fingerprint density at radius 2 is 1.84 bits per heavy atom. The maximum absolute atomic E-state index is 11.2. The summed E-state index contributed by atoms with van der Waals surface area (Å²) in [5, 5.41) is 4.01. The highest BCUT2D eigenvalue weighted by Gasteiger charge is 2.20. The molecule has 1 amide bonds. The fourth-order valence-corrected chi connectivity index (χ4v) is 2.13. The summed E-state index contributed by atoms with van der Waals surface area (Å²) in [4.78, 5) is 19.8. The molecule has 1 N–H and O–H groups in total. The van der Waals surface area contributed by atoms with Gasteiger partial charge in [0.1, 0.15) is 6.33 Å². The zero-order chi connectivity index (χ0) is 13.2. The van der Waals surface area contributed by atoms with Gasteiger partial charge in [0, 0.05) is 11.1 Å². The van der Waals surface area contributed by atoms with Crippen LogP contribution in [0, 0.1) is 6.92 Å². The first-order chi connectivity index (χ1) is 9.25. The monoisotopic (exact) mass is 252 g/mol. The number of nitrogens with zero attached hydrogens (tertiary/aromatic N) is 3. The van der Waals surface area contributed by atoms with Gasteiger partial charge in [-0.2, -0.15) is 5.10 Å². The molecule has 5 nitrogen and oxygen atoms in total. The topological polar surface area (TPSA) is 67.2 Å².